The summed E-state index contributed by atoms with van der Waals surface area (Å²) in [6.45, 7) is 0. The number of pyridine rings is 1. The molecule has 10 heavy (non-hydrogen) atoms. The molecule has 0 aliphatic heterocycles. The van der Waals surface area contributed by atoms with Crippen molar-refractivity contribution in [2.24, 2.45) is 0 Å². The van der Waals surface area contributed by atoms with E-state index in [0.717, 1.165) is 0 Å². The minimum absolute atomic E-state index is 0. The Hall–Kier alpha value is 0.676. The van der Waals surface area contributed by atoms with E-state index in [1.807, 2.05) is 0 Å². The van der Waals surface area contributed by atoms with Crippen molar-refractivity contribution in [3.8, 4) is 0 Å². The predicted molar refractivity (Wildman–Crippen MR) is 35.9 cm³/mol. The SMILES string of the molecule is [K+].[O-]C(=S)c1ccncc1. The zero-order valence-electron chi connectivity index (χ0n) is 5.57. The Morgan fingerprint density at radius 1 is 1.40 bits per heavy atom. The fourth-order valence-electron chi connectivity index (χ4n) is 0.488. The molecule has 0 aliphatic carbocycles. The number of nitrogens with zero attached hydrogens (tertiary/aromatic N) is 1. The Bertz CT molecular complexity index is 214. The quantitative estimate of drug-likeness (QED) is 0.341. The van der Waals surface area contributed by atoms with Gasteiger partial charge in [-0.15, -0.1) is 0 Å². The molecule has 0 aromatic carbocycles. The van der Waals surface area contributed by atoms with Crippen LogP contribution in [0.25, 0.3) is 0 Å². The van der Waals surface area contributed by atoms with Gasteiger partial charge in [-0.25, -0.2) is 0 Å². The van der Waals surface area contributed by atoms with Gasteiger partial charge in [0.15, 0.2) is 0 Å². The number of thiocarbonyl (C=S) groups is 1. The first-order valence-corrected chi connectivity index (χ1v) is 2.83. The van der Waals surface area contributed by atoms with E-state index in [1.165, 1.54) is 0 Å². The van der Waals surface area contributed by atoms with Crippen molar-refractivity contribution >= 4 is 17.3 Å². The van der Waals surface area contributed by atoms with Crippen LogP contribution in [-0.4, -0.2) is 10.0 Å². The van der Waals surface area contributed by atoms with E-state index in [2.05, 4.69) is 17.2 Å². The van der Waals surface area contributed by atoms with E-state index in [-0.39, 0.29) is 56.4 Å². The molecule has 0 fully saturated rings. The van der Waals surface area contributed by atoms with Gasteiger partial charge in [0.2, 0.25) is 0 Å². The van der Waals surface area contributed by atoms with Crippen molar-refractivity contribution in [1.82, 2.24) is 4.98 Å². The predicted octanol–water partition coefficient (Wildman–Crippen LogP) is -2.88. The molecule has 1 rings (SSSR count). The van der Waals surface area contributed by atoms with Crippen molar-refractivity contribution in [3.05, 3.63) is 30.1 Å². The van der Waals surface area contributed by atoms with Crippen molar-refractivity contribution in [2.75, 3.05) is 0 Å². The van der Waals surface area contributed by atoms with Crippen LogP contribution in [0, 0.1) is 0 Å². The van der Waals surface area contributed by atoms with Crippen molar-refractivity contribution in [2.45, 2.75) is 0 Å². The third-order valence-electron chi connectivity index (χ3n) is 0.916. The summed E-state index contributed by atoms with van der Waals surface area (Å²) in [5.74, 6) is 0. The summed E-state index contributed by atoms with van der Waals surface area (Å²) in [7, 11) is 0. The summed E-state index contributed by atoms with van der Waals surface area (Å²) in [4.78, 5) is 3.73. The minimum Gasteiger partial charge on any atom is -0.864 e. The number of hydrogen-bond acceptors (Lipinski definition) is 3. The van der Waals surface area contributed by atoms with Gasteiger partial charge in [0, 0.05) is 12.4 Å². The normalized spacial score (nSPS) is 8.00. The summed E-state index contributed by atoms with van der Waals surface area (Å²) in [6.07, 6.45) is 3.08. The smallest absolute Gasteiger partial charge is 0.864 e. The fraction of sp³-hybridized carbons (Fsp3) is 0. The zero-order valence-corrected chi connectivity index (χ0v) is 9.51. The van der Waals surface area contributed by atoms with Gasteiger partial charge in [0.25, 0.3) is 0 Å². The van der Waals surface area contributed by atoms with Crippen LogP contribution in [0.15, 0.2) is 24.5 Å². The molecule has 0 aliphatic rings. The molecule has 0 radical (unpaired) electrons. The van der Waals surface area contributed by atoms with Crippen LogP contribution in [0.4, 0.5) is 0 Å². The molecule has 4 heteroatoms. The topological polar surface area (TPSA) is 36.0 Å². The first-order valence-electron chi connectivity index (χ1n) is 2.42. The molecule has 1 aromatic rings. The Morgan fingerprint density at radius 2 is 1.90 bits per heavy atom. The molecule has 1 heterocycles. The number of hydrogen-bond donors (Lipinski definition) is 0. The van der Waals surface area contributed by atoms with Gasteiger partial charge in [0.1, 0.15) is 0 Å². The third-order valence-corrected chi connectivity index (χ3v) is 1.15. The number of rotatable bonds is 1. The fourth-order valence-corrected chi connectivity index (χ4v) is 0.624. The van der Waals surface area contributed by atoms with E-state index in [1.54, 1.807) is 24.5 Å². The van der Waals surface area contributed by atoms with Crippen LogP contribution in [0.2, 0.25) is 0 Å². The molecule has 46 valence electrons. The van der Waals surface area contributed by atoms with Crippen LogP contribution in [0.1, 0.15) is 5.56 Å². The van der Waals surface area contributed by atoms with E-state index in [4.69, 9.17) is 0 Å². The first-order chi connectivity index (χ1) is 4.30. The second kappa shape index (κ2) is 5.34. The van der Waals surface area contributed by atoms with E-state index < -0.39 is 0 Å². The first kappa shape index (κ1) is 10.7. The third kappa shape index (κ3) is 3.18. The van der Waals surface area contributed by atoms with E-state index in [9.17, 15) is 5.11 Å². The summed E-state index contributed by atoms with van der Waals surface area (Å²) in [6, 6.07) is 3.19. The van der Waals surface area contributed by atoms with Gasteiger partial charge in [-0.3, -0.25) is 4.98 Å². The van der Waals surface area contributed by atoms with Gasteiger partial charge >= 0.3 is 51.4 Å². The molecule has 0 saturated heterocycles. The molecular formula is C6H4KNOS. The van der Waals surface area contributed by atoms with Gasteiger partial charge in [-0.05, 0) is 22.7 Å². The van der Waals surface area contributed by atoms with Crippen LogP contribution < -0.4 is 56.5 Å². The summed E-state index contributed by atoms with van der Waals surface area (Å²) in [5, 5.41) is 10.1. The second-order valence-corrected chi connectivity index (χ2v) is 1.89. The zero-order chi connectivity index (χ0) is 6.69. The second-order valence-electron chi connectivity index (χ2n) is 1.52. The van der Waals surface area contributed by atoms with Crippen LogP contribution >= 0.6 is 12.2 Å². The van der Waals surface area contributed by atoms with Crippen molar-refractivity contribution in [3.63, 3.8) is 0 Å². The Labute approximate surface area is 107 Å². The molecule has 0 bridgehead atoms. The molecule has 0 atom stereocenters. The van der Waals surface area contributed by atoms with Gasteiger partial charge in [-0.2, -0.15) is 0 Å². The maximum Gasteiger partial charge on any atom is 1.00 e. The van der Waals surface area contributed by atoms with E-state index >= 15 is 0 Å². The molecule has 1 aromatic heterocycles. The maximum atomic E-state index is 10.4. The Kier molecular flexibility index (Phi) is 5.70. The molecule has 2 nitrogen and oxygen atoms in total. The van der Waals surface area contributed by atoms with Crippen LogP contribution in [0.5, 0.6) is 0 Å². The Morgan fingerprint density at radius 3 is 2.20 bits per heavy atom. The Balaban J connectivity index is 0.000000810. The molecule has 0 amide bonds. The molecular weight excluding hydrogens is 173 g/mol. The van der Waals surface area contributed by atoms with Crippen molar-refractivity contribution in [1.29, 1.82) is 0 Å². The van der Waals surface area contributed by atoms with Gasteiger partial charge < -0.3 is 5.11 Å². The standard InChI is InChI=1S/C6H5NOS.K/c8-6(9)5-1-3-7-4-2-5;/h1-4H,(H,8,9);/q;+1/p-1. The largest absolute Gasteiger partial charge is 1.00 e. The average Bonchev–Trinajstić information content (AvgIpc) is 1.90. The molecule has 0 saturated carbocycles. The van der Waals surface area contributed by atoms with E-state index in [0.29, 0.717) is 5.56 Å². The van der Waals surface area contributed by atoms with Gasteiger partial charge in [-0.1, -0.05) is 12.2 Å². The monoisotopic (exact) mass is 177 g/mol. The molecule has 0 spiro atoms. The summed E-state index contributed by atoms with van der Waals surface area (Å²) in [5.41, 5.74) is 0.528. The van der Waals surface area contributed by atoms with Gasteiger partial charge in [0.05, 0.1) is 0 Å². The summed E-state index contributed by atoms with van der Waals surface area (Å²) >= 11 is 4.38. The molecule has 0 N–H and O–H groups in total. The summed E-state index contributed by atoms with van der Waals surface area (Å²) < 4.78 is 0. The van der Waals surface area contributed by atoms with Crippen LogP contribution in [-0.2, 0) is 0 Å². The minimum atomic E-state index is -0.336. The average molecular weight is 177 g/mol. The maximum absolute atomic E-state index is 10.4. The number of aromatic nitrogens is 1. The van der Waals surface area contributed by atoms with Crippen molar-refractivity contribution < 1.29 is 56.5 Å². The van der Waals surface area contributed by atoms with Crippen LogP contribution in [0.3, 0.4) is 0 Å². The molecule has 0 unspecified atom stereocenters.